The molecule has 7 nitrogen and oxygen atoms in total. The molecule has 0 spiro atoms. The van der Waals surface area contributed by atoms with Crippen molar-refractivity contribution < 1.29 is 14.8 Å². The van der Waals surface area contributed by atoms with Gasteiger partial charge in [-0.15, -0.1) is 0 Å². The topological polar surface area (TPSA) is 102 Å². The summed E-state index contributed by atoms with van der Waals surface area (Å²) in [7, 11) is 0. The maximum Gasteiger partial charge on any atom is 0.334 e. The Kier molecular flexibility index (Phi) is 3.14. The molecule has 1 fully saturated rings. The van der Waals surface area contributed by atoms with Gasteiger partial charge in [-0.2, -0.15) is 0 Å². The van der Waals surface area contributed by atoms with Crippen LogP contribution in [0, 0.1) is 16.0 Å². The van der Waals surface area contributed by atoms with Crippen molar-refractivity contribution in [1.82, 2.24) is 4.57 Å². The molecular formula is C11H12N2O5. The van der Waals surface area contributed by atoms with Crippen LogP contribution in [0.4, 0.5) is 5.69 Å². The molecule has 18 heavy (non-hydrogen) atoms. The lowest BCUT2D eigenvalue weighted by Crippen LogP contribution is -2.30. The van der Waals surface area contributed by atoms with E-state index in [2.05, 4.69) is 0 Å². The molecule has 1 aliphatic rings. The Balaban J connectivity index is 2.40. The zero-order chi connectivity index (χ0) is 13.3. The van der Waals surface area contributed by atoms with Crippen molar-refractivity contribution in [1.29, 1.82) is 0 Å². The minimum atomic E-state index is -1.13. The number of hydrogen-bond donors (Lipinski definition) is 1. The number of aliphatic carboxylic acids is 1. The normalized spacial score (nSPS) is 16.2. The van der Waals surface area contributed by atoms with E-state index in [1.54, 1.807) is 0 Å². The van der Waals surface area contributed by atoms with Crippen molar-refractivity contribution in [3.63, 3.8) is 0 Å². The van der Waals surface area contributed by atoms with Gasteiger partial charge in [0.2, 0.25) is 0 Å². The quantitative estimate of drug-likeness (QED) is 0.626. The molecule has 1 aromatic heterocycles. The summed E-state index contributed by atoms with van der Waals surface area (Å²) in [6.07, 6.45) is 3.54. The molecule has 1 aliphatic carbocycles. The molecule has 1 aromatic rings. The third-order valence-electron chi connectivity index (χ3n) is 3.03. The minimum absolute atomic E-state index is 0.303. The van der Waals surface area contributed by atoms with E-state index in [1.165, 1.54) is 12.3 Å². The van der Waals surface area contributed by atoms with E-state index >= 15 is 0 Å². The molecule has 0 bridgehead atoms. The molecule has 96 valence electrons. The zero-order valence-corrected chi connectivity index (χ0v) is 9.48. The van der Waals surface area contributed by atoms with Gasteiger partial charge >= 0.3 is 17.2 Å². The Morgan fingerprint density at radius 1 is 1.61 bits per heavy atom. The highest BCUT2D eigenvalue weighted by atomic mass is 16.6. The van der Waals surface area contributed by atoms with E-state index in [0.717, 1.165) is 23.5 Å². The molecule has 0 radical (unpaired) electrons. The predicted molar refractivity (Wildman–Crippen MR) is 61.4 cm³/mol. The lowest BCUT2D eigenvalue weighted by molar-refractivity contribution is -0.386. The number of nitro groups is 1. The van der Waals surface area contributed by atoms with Gasteiger partial charge in [0.05, 0.1) is 4.92 Å². The first-order valence-electron chi connectivity index (χ1n) is 5.59. The fourth-order valence-electron chi connectivity index (χ4n) is 1.89. The van der Waals surface area contributed by atoms with Crippen LogP contribution in [0.5, 0.6) is 0 Å². The Bertz CT molecular complexity index is 547. The van der Waals surface area contributed by atoms with E-state index in [0.29, 0.717) is 12.3 Å². The van der Waals surface area contributed by atoms with E-state index in [-0.39, 0.29) is 0 Å². The maximum atomic E-state index is 11.8. The molecule has 7 heteroatoms. The number of pyridine rings is 1. The van der Waals surface area contributed by atoms with Crippen LogP contribution in [-0.2, 0) is 4.79 Å². The van der Waals surface area contributed by atoms with Gasteiger partial charge in [-0.25, -0.2) is 4.79 Å². The van der Waals surface area contributed by atoms with E-state index in [9.17, 15) is 19.7 Å². The molecular weight excluding hydrogens is 240 g/mol. The summed E-state index contributed by atoms with van der Waals surface area (Å²) in [6.45, 7) is 0. The number of carboxylic acid groups (broad SMARTS) is 1. The van der Waals surface area contributed by atoms with E-state index < -0.39 is 28.2 Å². The van der Waals surface area contributed by atoms with Crippen LogP contribution in [-0.4, -0.2) is 20.6 Å². The highest BCUT2D eigenvalue weighted by Gasteiger charge is 2.32. The van der Waals surface area contributed by atoms with Crippen LogP contribution in [0.1, 0.15) is 25.3 Å². The fourth-order valence-corrected chi connectivity index (χ4v) is 1.89. The maximum absolute atomic E-state index is 11.8. The molecule has 1 atom stereocenters. The number of hydrogen-bond acceptors (Lipinski definition) is 4. The Hall–Kier alpha value is -2.18. The van der Waals surface area contributed by atoms with Crippen molar-refractivity contribution in [3.05, 3.63) is 38.8 Å². The number of nitrogens with zero attached hydrogens (tertiary/aromatic N) is 2. The number of aromatic nitrogens is 1. The predicted octanol–water partition coefficient (Wildman–Crippen LogP) is 1.18. The van der Waals surface area contributed by atoms with Gasteiger partial charge in [-0.3, -0.25) is 19.5 Å². The first-order valence-corrected chi connectivity index (χ1v) is 5.59. The summed E-state index contributed by atoms with van der Waals surface area (Å²) in [5.74, 6) is -0.832. The average Bonchev–Trinajstić information content (AvgIpc) is 3.10. The first-order chi connectivity index (χ1) is 8.50. The Labute approximate surface area is 102 Å². The Morgan fingerprint density at radius 3 is 2.78 bits per heavy atom. The molecule has 1 saturated carbocycles. The average molecular weight is 252 g/mol. The van der Waals surface area contributed by atoms with Gasteiger partial charge in [0.1, 0.15) is 6.04 Å². The second kappa shape index (κ2) is 4.59. The zero-order valence-electron chi connectivity index (χ0n) is 9.48. The molecule has 1 heterocycles. The van der Waals surface area contributed by atoms with Crippen LogP contribution in [0.2, 0.25) is 0 Å². The minimum Gasteiger partial charge on any atom is -0.480 e. The summed E-state index contributed by atoms with van der Waals surface area (Å²) in [5, 5.41) is 19.8. The summed E-state index contributed by atoms with van der Waals surface area (Å²) in [6, 6.07) is 1.38. The molecule has 0 aliphatic heterocycles. The largest absolute Gasteiger partial charge is 0.480 e. The van der Waals surface area contributed by atoms with E-state index in [1.807, 2.05) is 0 Å². The SMILES string of the molecule is O=C(O)[C@H](CC1CC1)n1cccc([N+](=O)[O-])c1=O. The van der Waals surface area contributed by atoms with Crippen LogP contribution < -0.4 is 5.56 Å². The fraction of sp³-hybridized carbons (Fsp3) is 0.455. The van der Waals surface area contributed by atoms with E-state index in [4.69, 9.17) is 5.11 Å². The molecule has 2 rings (SSSR count). The van der Waals surface area contributed by atoms with Crippen LogP contribution >= 0.6 is 0 Å². The highest BCUT2D eigenvalue weighted by Crippen LogP contribution is 2.36. The molecule has 0 amide bonds. The first kappa shape index (κ1) is 12.3. The van der Waals surface area contributed by atoms with Crippen molar-refractivity contribution in [2.24, 2.45) is 5.92 Å². The van der Waals surface area contributed by atoms with Gasteiger partial charge in [-0.1, -0.05) is 12.8 Å². The van der Waals surface area contributed by atoms with Crippen LogP contribution in [0.25, 0.3) is 0 Å². The van der Waals surface area contributed by atoms with Crippen molar-refractivity contribution >= 4 is 11.7 Å². The van der Waals surface area contributed by atoms with Crippen molar-refractivity contribution in [2.75, 3.05) is 0 Å². The smallest absolute Gasteiger partial charge is 0.334 e. The standard InChI is InChI=1S/C11H12N2O5/c14-10-8(13(17)18)2-1-5-12(10)9(11(15)16)6-7-3-4-7/h1-2,5,7,9H,3-4,6H2,(H,15,16)/t9-/m0/s1. The second-order valence-electron chi connectivity index (χ2n) is 4.40. The van der Waals surface area contributed by atoms with Crippen LogP contribution in [0.3, 0.4) is 0 Å². The molecule has 0 saturated heterocycles. The monoisotopic (exact) mass is 252 g/mol. The number of carboxylic acids is 1. The number of rotatable bonds is 5. The van der Waals surface area contributed by atoms with Crippen LogP contribution in [0.15, 0.2) is 23.1 Å². The molecule has 1 N–H and O–H groups in total. The van der Waals surface area contributed by atoms with Gasteiger partial charge in [-0.05, 0) is 18.4 Å². The molecule has 0 unspecified atom stereocenters. The molecule has 0 aromatic carbocycles. The van der Waals surface area contributed by atoms with Gasteiger partial charge < -0.3 is 5.11 Å². The number of carbonyl (C=O) groups is 1. The van der Waals surface area contributed by atoms with Crippen molar-refractivity contribution in [3.8, 4) is 0 Å². The summed E-state index contributed by atoms with van der Waals surface area (Å²) in [4.78, 5) is 32.8. The third-order valence-corrected chi connectivity index (χ3v) is 3.03. The second-order valence-corrected chi connectivity index (χ2v) is 4.40. The Morgan fingerprint density at radius 2 is 2.28 bits per heavy atom. The van der Waals surface area contributed by atoms with Crippen molar-refractivity contribution in [2.45, 2.75) is 25.3 Å². The van der Waals surface area contributed by atoms with Gasteiger partial charge in [0, 0.05) is 12.3 Å². The highest BCUT2D eigenvalue weighted by molar-refractivity contribution is 5.72. The third kappa shape index (κ3) is 2.39. The lowest BCUT2D eigenvalue weighted by Gasteiger charge is -2.14. The van der Waals surface area contributed by atoms with Gasteiger partial charge in [0.25, 0.3) is 0 Å². The van der Waals surface area contributed by atoms with Gasteiger partial charge in [0.15, 0.2) is 0 Å². The summed E-state index contributed by atoms with van der Waals surface area (Å²) >= 11 is 0. The summed E-state index contributed by atoms with van der Waals surface area (Å²) in [5.41, 5.74) is -1.46. The lowest BCUT2D eigenvalue weighted by atomic mass is 10.1. The summed E-state index contributed by atoms with van der Waals surface area (Å²) < 4.78 is 0.943.